The Balaban J connectivity index is 2.17. The van der Waals surface area contributed by atoms with Crippen molar-refractivity contribution in [3.05, 3.63) is 29.8 Å². The van der Waals surface area contributed by atoms with Crippen LogP contribution >= 0.6 is 0 Å². The van der Waals surface area contributed by atoms with Gasteiger partial charge in [0.2, 0.25) is 0 Å². The molecule has 2 rings (SSSR count). The lowest BCUT2D eigenvalue weighted by atomic mass is 10.0. The van der Waals surface area contributed by atoms with Crippen LogP contribution in [0, 0.1) is 0 Å². The Morgan fingerprint density at radius 3 is 2.47 bits per heavy atom. The average molecular weight is 232 g/mol. The van der Waals surface area contributed by atoms with Crippen LogP contribution in [0.5, 0.6) is 0 Å². The highest BCUT2D eigenvalue weighted by Gasteiger charge is 2.23. The Labute approximate surface area is 101 Å². The molecule has 0 spiro atoms. The normalized spacial score (nSPS) is 15.6. The Morgan fingerprint density at radius 1 is 1.35 bits per heavy atom. The van der Waals surface area contributed by atoms with E-state index in [0.29, 0.717) is 18.2 Å². The molecule has 0 saturated heterocycles. The molecule has 0 atom stereocenters. The number of urea groups is 1. The zero-order valence-corrected chi connectivity index (χ0v) is 10.1. The number of hydrogen-bond donors (Lipinski definition) is 1. The van der Waals surface area contributed by atoms with E-state index in [1.807, 2.05) is 24.3 Å². The molecule has 1 aromatic carbocycles. The molecule has 0 bridgehead atoms. The van der Waals surface area contributed by atoms with Crippen molar-refractivity contribution in [2.24, 2.45) is 4.99 Å². The van der Waals surface area contributed by atoms with Gasteiger partial charge in [-0.2, -0.15) is 4.99 Å². The molecule has 4 nitrogen and oxygen atoms in total. The first-order chi connectivity index (χ1) is 8.11. The molecule has 17 heavy (non-hydrogen) atoms. The van der Waals surface area contributed by atoms with Crippen LogP contribution in [0.25, 0.3) is 0 Å². The minimum atomic E-state index is -0.300. The fraction of sp³-hybridized carbons (Fsp3) is 0.385. The summed E-state index contributed by atoms with van der Waals surface area (Å²) >= 11 is 0. The third-order valence-electron chi connectivity index (χ3n) is 2.88. The number of aliphatic hydroxyl groups excluding tert-OH is 1. The number of carbonyl (C=O) groups is 1. The zero-order valence-electron chi connectivity index (χ0n) is 10.1. The van der Waals surface area contributed by atoms with Crippen molar-refractivity contribution >= 4 is 17.4 Å². The van der Waals surface area contributed by atoms with E-state index < -0.39 is 0 Å². The van der Waals surface area contributed by atoms with Crippen LogP contribution in [-0.2, 0) is 0 Å². The van der Waals surface area contributed by atoms with Gasteiger partial charge in [0, 0.05) is 5.69 Å². The summed E-state index contributed by atoms with van der Waals surface area (Å²) < 4.78 is 0. The van der Waals surface area contributed by atoms with Crippen LogP contribution in [0.15, 0.2) is 29.3 Å². The maximum absolute atomic E-state index is 11.6. The minimum absolute atomic E-state index is 0.160. The largest absolute Gasteiger partial charge is 0.390 e. The second kappa shape index (κ2) is 4.67. The minimum Gasteiger partial charge on any atom is -0.390 e. The second-order valence-electron chi connectivity index (χ2n) is 4.45. The van der Waals surface area contributed by atoms with Gasteiger partial charge in [-0.1, -0.05) is 26.0 Å². The summed E-state index contributed by atoms with van der Waals surface area (Å²) in [5, 5.41) is 8.96. The third-order valence-corrected chi connectivity index (χ3v) is 2.88. The summed E-state index contributed by atoms with van der Waals surface area (Å²) in [6.45, 7) is 4.48. The Hall–Kier alpha value is -1.68. The van der Waals surface area contributed by atoms with E-state index in [-0.39, 0.29) is 12.6 Å². The number of nitrogens with zero attached hydrogens (tertiary/aromatic N) is 2. The molecule has 1 aliphatic rings. The van der Waals surface area contributed by atoms with E-state index in [9.17, 15) is 4.79 Å². The predicted molar refractivity (Wildman–Crippen MR) is 67.8 cm³/mol. The quantitative estimate of drug-likeness (QED) is 0.868. The van der Waals surface area contributed by atoms with E-state index in [2.05, 4.69) is 18.8 Å². The molecule has 4 heteroatoms. The van der Waals surface area contributed by atoms with Gasteiger partial charge in [0.1, 0.15) is 0 Å². The van der Waals surface area contributed by atoms with Crippen molar-refractivity contribution in [1.29, 1.82) is 0 Å². The first kappa shape index (κ1) is 11.8. The van der Waals surface area contributed by atoms with E-state index in [0.717, 1.165) is 5.69 Å². The van der Waals surface area contributed by atoms with E-state index in [1.165, 1.54) is 5.56 Å². The molecule has 0 unspecified atom stereocenters. The van der Waals surface area contributed by atoms with Crippen molar-refractivity contribution in [2.75, 3.05) is 18.1 Å². The summed E-state index contributed by atoms with van der Waals surface area (Å²) in [7, 11) is 0. The lowest BCUT2D eigenvalue weighted by Crippen LogP contribution is -2.26. The Morgan fingerprint density at radius 2 is 2.00 bits per heavy atom. The lowest BCUT2D eigenvalue weighted by Gasteiger charge is -2.15. The number of anilines is 1. The van der Waals surface area contributed by atoms with Crippen molar-refractivity contribution in [2.45, 2.75) is 19.8 Å². The van der Waals surface area contributed by atoms with Gasteiger partial charge < -0.3 is 5.11 Å². The molecule has 0 radical (unpaired) electrons. The highest BCUT2D eigenvalue weighted by Crippen LogP contribution is 2.22. The van der Waals surface area contributed by atoms with Gasteiger partial charge in [0.15, 0.2) is 0 Å². The van der Waals surface area contributed by atoms with Crippen molar-refractivity contribution < 1.29 is 9.90 Å². The van der Waals surface area contributed by atoms with E-state index in [1.54, 1.807) is 4.90 Å². The fourth-order valence-electron chi connectivity index (χ4n) is 1.81. The molecular weight excluding hydrogens is 216 g/mol. The summed E-state index contributed by atoms with van der Waals surface area (Å²) in [6.07, 6.45) is 0. The molecular formula is C13H16N2O2. The first-order valence-corrected chi connectivity index (χ1v) is 5.70. The second-order valence-corrected chi connectivity index (χ2v) is 4.45. The molecule has 1 heterocycles. The molecule has 1 N–H and O–H groups in total. The molecule has 0 aliphatic carbocycles. The van der Waals surface area contributed by atoms with Gasteiger partial charge in [-0.05, 0) is 23.6 Å². The van der Waals surface area contributed by atoms with E-state index in [4.69, 9.17) is 5.11 Å². The van der Waals surface area contributed by atoms with Gasteiger partial charge in [0.25, 0.3) is 0 Å². The fourth-order valence-corrected chi connectivity index (χ4v) is 1.81. The van der Waals surface area contributed by atoms with Crippen LogP contribution in [-0.4, -0.2) is 30.0 Å². The molecule has 90 valence electrons. The maximum Gasteiger partial charge on any atom is 0.348 e. The SMILES string of the molecule is CC(C)c1ccc(N2CC(CO)=NC2=O)cc1. The average Bonchev–Trinajstić information content (AvgIpc) is 2.71. The van der Waals surface area contributed by atoms with Gasteiger partial charge >= 0.3 is 6.03 Å². The van der Waals surface area contributed by atoms with Gasteiger partial charge in [0.05, 0.1) is 18.9 Å². The molecule has 0 fully saturated rings. The number of amides is 2. The molecule has 0 aromatic heterocycles. The number of hydrogen-bond acceptors (Lipinski definition) is 2. The summed E-state index contributed by atoms with van der Waals surface area (Å²) in [5.41, 5.74) is 2.58. The maximum atomic E-state index is 11.6. The standard InChI is InChI=1S/C13H16N2O2/c1-9(2)10-3-5-12(6-4-10)15-7-11(8-16)14-13(15)17/h3-6,9,16H,7-8H2,1-2H3. The van der Waals surface area contributed by atoms with Gasteiger partial charge in [-0.15, -0.1) is 0 Å². The summed E-state index contributed by atoms with van der Waals surface area (Å²) in [5.74, 6) is 0.475. The number of carbonyl (C=O) groups excluding carboxylic acids is 1. The smallest absolute Gasteiger partial charge is 0.348 e. The van der Waals surface area contributed by atoms with Crippen molar-refractivity contribution in [3.8, 4) is 0 Å². The Kier molecular flexibility index (Phi) is 3.24. The number of rotatable bonds is 3. The molecule has 1 aliphatic heterocycles. The van der Waals surface area contributed by atoms with Crippen LogP contribution in [0.3, 0.4) is 0 Å². The first-order valence-electron chi connectivity index (χ1n) is 5.70. The monoisotopic (exact) mass is 232 g/mol. The van der Waals surface area contributed by atoms with Crippen molar-refractivity contribution in [1.82, 2.24) is 0 Å². The molecule has 2 amide bonds. The van der Waals surface area contributed by atoms with Crippen LogP contribution < -0.4 is 4.90 Å². The number of aliphatic hydroxyl groups is 1. The zero-order chi connectivity index (χ0) is 12.4. The van der Waals surface area contributed by atoms with Crippen LogP contribution in [0.4, 0.5) is 10.5 Å². The van der Waals surface area contributed by atoms with E-state index >= 15 is 0 Å². The lowest BCUT2D eigenvalue weighted by molar-refractivity contribution is 0.256. The number of benzene rings is 1. The molecule has 0 saturated carbocycles. The van der Waals surface area contributed by atoms with Crippen molar-refractivity contribution in [3.63, 3.8) is 0 Å². The third kappa shape index (κ3) is 2.36. The van der Waals surface area contributed by atoms with Crippen LogP contribution in [0.1, 0.15) is 25.3 Å². The highest BCUT2D eigenvalue weighted by atomic mass is 16.3. The van der Waals surface area contributed by atoms with Crippen LogP contribution in [0.2, 0.25) is 0 Å². The number of aliphatic imine (C=N–C) groups is 1. The molecule has 1 aromatic rings. The van der Waals surface area contributed by atoms with Gasteiger partial charge in [-0.25, -0.2) is 4.79 Å². The van der Waals surface area contributed by atoms with Gasteiger partial charge in [-0.3, -0.25) is 4.90 Å². The summed E-state index contributed by atoms with van der Waals surface area (Å²) in [6, 6.07) is 7.58. The summed E-state index contributed by atoms with van der Waals surface area (Å²) in [4.78, 5) is 16.9. The topological polar surface area (TPSA) is 52.9 Å². The Bertz CT molecular complexity index is 449. The predicted octanol–water partition coefficient (Wildman–Crippen LogP) is 2.18. The highest BCUT2D eigenvalue weighted by molar-refractivity contribution is 6.12.